The lowest BCUT2D eigenvalue weighted by Crippen LogP contribution is -2.36. The zero-order valence-electron chi connectivity index (χ0n) is 14.6. The van der Waals surface area contributed by atoms with Crippen LogP contribution in [0.4, 0.5) is 0 Å². The van der Waals surface area contributed by atoms with Crippen LogP contribution in [0, 0.1) is 13.8 Å². The summed E-state index contributed by atoms with van der Waals surface area (Å²) < 4.78 is 5.54. The molecule has 0 atom stereocenters. The van der Waals surface area contributed by atoms with Crippen molar-refractivity contribution in [3.8, 4) is 0 Å². The standard InChI is InChI=1S/C17H23N5O2.HI/c1-4-19-17(21-10-15-22-11(2)12(3)24-15)20-9-13-6-5-7-14(8-13)16(18)23;/h5-8H,4,9-10H2,1-3H3,(H2,18,23)(H2,19,20,21);1H. The van der Waals surface area contributed by atoms with Crippen molar-refractivity contribution in [3.63, 3.8) is 0 Å². The minimum absolute atomic E-state index is 0. The molecule has 2 rings (SSSR count). The number of aliphatic imine (C=N–C) groups is 1. The van der Waals surface area contributed by atoms with Crippen LogP contribution in [-0.2, 0) is 13.1 Å². The van der Waals surface area contributed by atoms with E-state index in [-0.39, 0.29) is 24.0 Å². The average molecular weight is 457 g/mol. The Kier molecular flexibility index (Phi) is 8.39. The van der Waals surface area contributed by atoms with Gasteiger partial charge in [0.2, 0.25) is 11.8 Å². The van der Waals surface area contributed by atoms with Gasteiger partial charge in [0.15, 0.2) is 5.96 Å². The Morgan fingerprint density at radius 1 is 1.32 bits per heavy atom. The first-order valence-electron chi connectivity index (χ1n) is 7.83. The molecule has 1 aromatic carbocycles. The van der Waals surface area contributed by atoms with Gasteiger partial charge in [-0.1, -0.05) is 12.1 Å². The van der Waals surface area contributed by atoms with E-state index in [4.69, 9.17) is 10.2 Å². The predicted octanol–water partition coefficient (Wildman–Crippen LogP) is 2.26. The van der Waals surface area contributed by atoms with Gasteiger partial charge in [-0.05, 0) is 38.5 Å². The van der Waals surface area contributed by atoms with Gasteiger partial charge >= 0.3 is 0 Å². The summed E-state index contributed by atoms with van der Waals surface area (Å²) in [5.41, 5.74) is 7.57. The Hall–Kier alpha value is -2.10. The molecule has 0 aliphatic heterocycles. The Morgan fingerprint density at radius 3 is 2.68 bits per heavy atom. The molecule has 2 aromatic rings. The summed E-state index contributed by atoms with van der Waals surface area (Å²) in [5, 5.41) is 6.34. The van der Waals surface area contributed by atoms with Crippen LogP contribution in [-0.4, -0.2) is 23.4 Å². The number of rotatable bonds is 6. The second-order valence-electron chi connectivity index (χ2n) is 5.36. The molecule has 25 heavy (non-hydrogen) atoms. The molecule has 0 radical (unpaired) electrons. The number of halogens is 1. The van der Waals surface area contributed by atoms with Crippen LogP contribution in [0.5, 0.6) is 0 Å². The van der Waals surface area contributed by atoms with Gasteiger partial charge in [-0.15, -0.1) is 24.0 Å². The van der Waals surface area contributed by atoms with E-state index in [9.17, 15) is 4.79 Å². The number of aryl methyl sites for hydroxylation is 2. The fourth-order valence-corrected chi connectivity index (χ4v) is 2.11. The monoisotopic (exact) mass is 457 g/mol. The molecule has 0 spiro atoms. The van der Waals surface area contributed by atoms with Crippen LogP contribution in [0.25, 0.3) is 0 Å². The van der Waals surface area contributed by atoms with Crippen molar-refractivity contribution in [1.82, 2.24) is 15.6 Å². The van der Waals surface area contributed by atoms with Crippen molar-refractivity contribution >= 4 is 35.8 Å². The molecule has 0 saturated carbocycles. The number of guanidine groups is 1. The van der Waals surface area contributed by atoms with Gasteiger partial charge in [0, 0.05) is 12.1 Å². The van der Waals surface area contributed by atoms with Crippen LogP contribution in [0.3, 0.4) is 0 Å². The minimum Gasteiger partial charge on any atom is -0.444 e. The zero-order valence-corrected chi connectivity index (χ0v) is 17.0. The van der Waals surface area contributed by atoms with E-state index in [0.717, 1.165) is 23.6 Å². The highest BCUT2D eigenvalue weighted by Gasteiger charge is 2.06. The number of aromatic nitrogens is 1. The summed E-state index contributed by atoms with van der Waals surface area (Å²) in [4.78, 5) is 20.1. The van der Waals surface area contributed by atoms with E-state index in [0.29, 0.717) is 30.5 Å². The molecule has 1 aromatic heterocycles. The highest BCUT2D eigenvalue weighted by Crippen LogP contribution is 2.08. The van der Waals surface area contributed by atoms with Gasteiger partial charge in [-0.3, -0.25) is 4.79 Å². The largest absolute Gasteiger partial charge is 0.444 e. The summed E-state index contributed by atoms with van der Waals surface area (Å²) in [6, 6.07) is 7.13. The van der Waals surface area contributed by atoms with E-state index < -0.39 is 5.91 Å². The van der Waals surface area contributed by atoms with E-state index in [2.05, 4.69) is 20.6 Å². The third kappa shape index (κ3) is 6.37. The van der Waals surface area contributed by atoms with Gasteiger partial charge in [-0.2, -0.15) is 0 Å². The molecular formula is C17H24IN5O2. The van der Waals surface area contributed by atoms with Crippen molar-refractivity contribution in [2.75, 3.05) is 6.54 Å². The van der Waals surface area contributed by atoms with E-state index in [1.165, 1.54) is 0 Å². The molecule has 0 bridgehead atoms. The van der Waals surface area contributed by atoms with Crippen molar-refractivity contribution < 1.29 is 9.21 Å². The number of hydrogen-bond donors (Lipinski definition) is 3. The highest BCUT2D eigenvalue weighted by molar-refractivity contribution is 14.0. The maximum absolute atomic E-state index is 11.2. The molecule has 0 fully saturated rings. The lowest BCUT2D eigenvalue weighted by atomic mass is 10.1. The molecule has 7 nitrogen and oxygen atoms in total. The van der Waals surface area contributed by atoms with Crippen LogP contribution >= 0.6 is 24.0 Å². The predicted molar refractivity (Wildman–Crippen MR) is 108 cm³/mol. The Labute approximate surface area is 164 Å². The van der Waals surface area contributed by atoms with Crippen molar-refractivity contribution in [3.05, 3.63) is 52.7 Å². The minimum atomic E-state index is -0.444. The average Bonchev–Trinajstić information content (AvgIpc) is 2.88. The summed E-state index contributed by atoms with van der Waals surface area (Å²) in [6.07, 6.45) is 0. The first kappa shape index (κ1) is 20.9. The summed E-state index contributed by atoms with van der Waals surface area (Å²) >= 11 is 0. The maximum Gasteiger partial charge on any atom is 0.248 e. The first-order valence-corrected chi connectivity index (χ1v) is 7.83. The van der Waals surface area contributed by atoms with E-state index in [1.54, 1.807) is 18.2 Å². The summed E-state index contributed by atoms with van der Waals surface area (Å²) in [6.45, 7) is 7.40. The van der Waals surface area contributed by atoms with E-state index in [1.807, 2.05) is 26.8 Å². The Bertz CT molecular complexity index is 723. The van der Waals surface area contributed by atoms with Gasteiger partial charge in [0.05, 0.1) is 18.8 Å². The Morgan fingerprint density at radius 2 is 2.08 bits per heavy atom. The fraction of sp³-hybridized carbons (Fsp3) is 0.353. The molecule has 0 unspecified atom stereocenters. The quantitative estimate of drug-likeness (QED) is 0.351. The lowest BCUT2D eigenvalue weighted by molar-refractivity contribution is 0.1000. The van der Waals surface area contributed by atoms with Gasteiger partial charge < -0.3 is 20.8 Å². The number of primary amides is 1. The second-order valence-corrected chi connectivity index (χ2v) is 5.36. The van der Waals surface area contributed by atoms with Crippen LogP contribution < -0.4 is 16.4 Å². The fourth-order valence-electron chi connectivity index (χ4n) is 2.11. The number of benzene rings is 1. The number of nitrogens with zero attached hydrogens (tertiary/aromatic N) is 2. The second kappa shape index (κ2) is 10.0. The molecule has 136 valence electrons. The van der Waals surface area contributed by atoms with Crippen molar-refractivity contribution in [1.29, 1.82) is 0 Å². The highest BCUT2D eigenvalue weighted by atomic mass is 127. The molecule has 8 heteroatoms. The molecule has 0 aliphatic carbocycles. The number of carbonyl (C=O) groups is 1. The number of oxazole rings is 1. The summed E-state index contributed by atoms with van der Waals surface area (Å²) in [5.74, 6) is 1.64. The van der Waals surface area contributed by atoms with Gasteiger partial charge in [-0.25, -0.2) is 9.98 Å². The van der Waals surface area contributed by atoms with Gasteiger partial charge in [0.1, 0.15) is 5.76 Å². The molecule has 1 amide bonds. The van der Waals surface area contributed by atoms with Crippen LogP contribution in [0.1, 0.15) is 40.2 Å². The molecule has 0 aliphatic rings. The molecule has 4 N–H and O–H groups in total. The number of carbonyl (C=O) groups excluding carboxylic acids is 1. The van der Waals surface area contributed by atoms with Gasteiger partial charge in [0.25, 0.3) is 0 Å². The summed E-state index contributed by atoms with van der Waals surface area (Å²) in [7, 11) is 0. The van der Waals surface area contributed by atoms with E-state index >= 15 is 0 Å². The van der Waals surface area contributed by atoms with Crippen LogP contribution in [0.2, 0.25) is 0 Å². The zero-order chi connectivity index (χ0) is 17.5. The molecule has 1 heterocycles. The number of nitrogens with two attached hydrogens (primary N) is 1. The van der Waals surface area contributed by atoms with Crippen molar-refractivity contribution in [2.45, 2.75) is 33.9 Å². The number of amides is 1. The topological polar surface area (TPSA) is 106 Å². The third-order valence-electron chi connectivity index (χ3n) is 3.46. The van der Waals surface area contributed by atoms with Crippen molar-refractivity contribution in [2.24, 2.45) is 10.7 Å². The molecule has 0 saturated heterocycles. The van der Waals surface area contributed by atoms with Crippen LogP contribution in [0.15, 0.2) is 33.7 Å². The smallest absolute Gasteiger partial charge is 0.248 e. The molecular weight excluding hydrogens is 433 g/mol. The SMILES string of the molecule is CCNC(=NCc1cccc(C(N)=O)c1)NCc1nc(C)c(C)o1.I. The lowest BCUT2D eigenvalue weighted by Gasteiger charge is -2.10. The maximum atomic E-state index is 11.2. The number of nitrogens with one attached hydrogen (secondary N) is 2. The first-order chi connectivity index (χ1) is 11.5. The normalized spacial score (nSPS) is 10.9. The Balaban J connectivity index is 0.00000312. The number of hydrogen-bond acceptors (Lipinski definition) is 4. The third-order valence-corrected chi connectivity index (χ3v) is 3.46.